The van der Waals surface area contributed by atoms with E-state index in [1.807, 2.05) is 48.5 Å². The number of aromatic carboxylic acids is 2. The predicted octanol–water partition coefficient (Wildman–Crippen LogP) is 8.43. The third-order valence-corrected chi connectivity index (χ3v) is 8.88. The number of allylic oxidation sites excluding steroid dienone is 2. The van der Waals surface area contributed by atoms with Crippen LogP contribution in [0, 0.1) is 11.8 Å². The van der Waals surface area contributed by atoms with Crippen molar-refractivity contribution in [3.05, 3.63) is 118 Å². The Morgan fingerprint density at radius 1 is 0.614 bits per heavy atom. The lowest BCUT2D eigenvalue weighted by atomic mass is 9.80. The van der Waals surface area contributed by atoms with Crippen molar-refractivity contribution in [3.63, 3.8) is 0 Å². The minimum Gasteiger partial charge on any atom is -0.478 e. The molecule has 2 heterocycles. The summed E-state index contributed by atoms with van der Waals surface area (Å²) in [6.45, 7) is 4.31. The van der Waals surface area contributed by atoms with E-state index in [9.17, 15) is 19.8 Å². The van der Waals surface area contributed by atoms with Gasteiger partial charge in [-0.2, -0.15) is 0 Å². The number of para-hydroxylation sites is 2. The average Bonchev–Trinajstić information content (AvgIpc) is 2.99. The van der Waals surface area contributed by atoms with Crippen LogP contribution in [0.5, 0.6) is 0 Å². The van der Waals surface area contributed by atoms with Crippen LogP contribution in [0.25, 0.3) is 45.1 Å². The molecule has 0 bridgehead atoms. The molecule has 6 nitrogen and oxygen atoms in total. The minimum absolute atomic E-state index is 0.298. The maximum atomic E-state index is 12.4. The molecule has 2 N–H and O–H groups in total. The Labute approximate surface area is 255 Å². The van der Waals surface area contributed by atoms with Crippen LogP contribution in [0.1, 0.15) is 81.0 Å². The number of hydrogen-bond acceptors (Lipinski definition) is 4. The zero-order valence-corrected chi connectivity index (χ0v) is 24.7. The van der Waals surface area contributed by atoms with E-state index in [2.05, 4.69) is 50.3 Å². The summed E-state index contributed by atoms with van der Waals surface area (Å²) in [5.41, 5.74) is 9.43. The van der Waals surface area contributed by atoms with Gasteiger partial charge in [-0.05, 0) is 95.2 Å². The third-order valence-electron chi connectivity index (χ3n) is 8.88. The molecule has 5 aromatic rings. The Hall–Kier alpha value is -5.10. The maximum absolute atomic E-state index is 12.4. The first-order valence-electron chi connectivity index (χ1n) is 15.1. The number of rotatable bonds is 4. The van der Waals surface area contributed by atoms with Gasteiger partial charge in [0.25, 0.3) is 0 Å². The molecule has 0 aliphatic heterocycles. The number of carboxylic acid groups (broad SMARTS) is 2. The summed E-state index contributed by atoms with van der Waals surface area (Å²) in [7, 11) is 0. The predicted molar refractivity (Wildman–Crippen MR) is 175 cm³/mol. The first kappa shape index (κ1) is 27.7. The third kappa shape index (κ3) is 4.86. The van der Waals surface area contributed by atoms with E-state index in [4.69, 9.17) is 9.97 Å². The minimum atomic E-state index is -0.915. The molecule has 218 valence electrons. The molecule has 2 aliphatic rings. The van der Waals surface area contributed by atoms with Gasteiger partial charge in [-0.25, -0.2) is 19.6 Å². The van der Waals surface area contributed by atoms with Gasteiger partial charge in [-0.15, -0.1) is 0 Å². The number of nitrogens with zero attached hydrogens (tertiary/aromatic N) is 2. The first-order chi connectivity index (χ1) is 21.3. The first-order valence-corrected chi connectivity index (χ1v) is 15.1. The molecule has 2 atom stereocenters. The number of pyridine rings is 2. The van der Waals surface area contributed by atoms with Crippen LogP contribution in [-0.4, -0.2) is 32.1 Å². The number of benzene rings is 3. The molecular weight excluding hydrogens is 548 g/mol. The fraction of sp³-hybridized carbons (Fsp3) is 0.211. The van der Waals surface area contributed by atoms with Crippen LogP contribution >= 0.6 is 0 Å². The quantitative estimate of drug-likeness (QED) is 0.221. The normalized spacial score (nSPS) is 19.7. The largest absolute Gasteiger partial charge is 0.478 e. The molecule has 44 heavy (non-hydrogen) atoms. The summed E-state index contributed by atoms with van der Waals surface area (Å²) < 4.78 is 0. The maximum Gasteiger partial charge on any atom is 0.336 e. The van der Waals surface area contributed by atoms with Gasteiger partial charge in [0.2, 0.25) is 0 Å². The second-order valence-electron chi connectivity index (χ2n) is 12.3. The summed E-state index contributed by atoms with van der Waals surface area (Å²) in [6.07, 6.45) is 7.27. The molecule has 2 aromatic heterocycles. The van der Waals surface area contributed by atoms with Crippen molar-refractivity contribution in [1.29, 1.82) is 0 Å². The van der Waals surface area contributed by atoms with E-state index in [0.717, 1.165) is 57.6 Å². The van der Waals surface area contributed by atoms with Crippen molar-refractivity contribution in [2.24, 2.45) is 11.8 Å². The highest BCUT2D eigenvalue weighted by molar-refractivity contribution is 6.07. The topological polar surface area (TPSA) is 100 Å². The molecular formula is C38H32N2O4. The van der Waals surface area contributed by atoms with Crippen LogP contribution in [0.15, 0.2) is 72.8 Å². The van der Waals surface area contributed by atoms with E-state index in [0.29, 0.717) is 57.6 Å². The van der Waals surface area contributed by atoms with Crippen molar-refractivity contribution in [2.75, 3.05) is 0 Å². The fourth-order valence-corrected chi connectivity index (χ4v) is 7.05. The van der Waals surface area contributed by atoms with Crippen molar-refractivity contribution >= 4 is 57.0 Å². The molecule has 7 rings (SSSR count). The summed E-state index contributed by atoms with van der Waals surface area (Å²) in [5, 5.41) is 21.7. The number of hydrogen-bond donors (Lipinski definition) is 2. The van der Waals surface area contributed by atoms with Crippen molar-refractivity contribution in [1.82, 2.24) is 9.97 Å². The molecule has 2 unspecified atom stereocenters. The lowest BCUT2D eigenvalue weighted by Gasteiger charge is -2.26. The van der Waals surface area contributed by atoms with Gasteiger partial charge >= 0.3 is 11.9 Å². The average molecular weight is 581 g/mol. The zero-order valence-electron chi connectivity index (χ0n) is 24.7. The molecule has 3 aromatic carbocycles. The molecule has 0 saturated heterocycles. The van der Waals surface area contributed by atoms with Crippen LogP contribution in [0.2, 0.25) is 0 Å². The summed E-state index contributed by atoms with van der Waals surface area (Å²) in [5.74, 6) is -1.23. The summed E-state index contributed by atoms with van der Waals surface area (Å²) in [6, 6.07) is 23.2. The Morgan fingerprint density at radius 3 is 1.39 bits per heavy atom. The van der Waals surface area contributed by atoms with E-state index < -0.39 is 11.9 Å². The summed E-state index contributed by atoms with van der Waals surface area (Å²) in [4.78, 5) is 34.7. The highest BCUT2D eigenvalue weighted by Crippen LogP contribution is 2.40. The van der Waals surface area contributed by atoms with Crippen molar-refractivity contribution in [2.45, 2.75) is 39.5 Å². The molecule has 0 spiro atoms. The van der Waals surface area contributed by atoms with E-state index in [1.54, 1.807) is 0 Å². The standard InChI is InChI=1S/C38H32N2O4/c1-21-15-25(35-29(17-21)33(37(41)42)27-7-3-5-9-31(27)39-35)19-23-11-13-24(14-12-23)20-26-16-22(2)18-30-34(38(43)44)28-8-4-6-10-32(28)40-36(26)30/h3-14,19-22H,15-18H2,1-2H3,(H,41,42)(H,43,44)/b25-19+,26-20+. The monoisotopic (exact) mass is 580 g/mol. The number of carboxylic acids is 2. The second-order valence-corrected chi connectivity index (χ2v) is 12.3. The van der Waals surface area contributed by atoms with Gasteiger partial charge in [0, 0.05) is 10.8 Å². The van der Waals surface area contributed by atoms with Gasteiger partial charge in [0.05, 0.1) is 33.5 Å². The number of fused-ring (bicyclic) bond motifs is 4. The van der Waals surface area contributed by atoms with Gasteiger partial charge in [0.1, 0.15) is 0 Å². The van der Waals surface area contributed by atoms with Crippen molar-refractivity contribution in [3.8, 4) is 0 Å². The Bertz CT molecular complexity index is 1910. The van der Waals surface area contributed by atoms with E-state index in [-0.39, 0.29) is 0 Å². The van der Waals surface area contributed by atoms with Crippen LogP contribution in [0.3, 0.4) is 0 Å². The number of aromatic nitrogens is 2. The lowest BCUT2D eigenvalue weighted by Crippen LogP contribution is -2.17. The zero-order chi connectivity index (χ0) is 30.5. The van der Waals surface area contributed by atoms with Crippen LogP contribution < -0.4 is 0 Å². The smallest absolute Gasteiger partial charge is 0.336 e. The molecule has 0 fully saturated rings. The Balaban J connectivity index is 1.28. The molecule has 2 aliphatic carbocycles. The highest BCUT2D eigenvalue weighted by Gasteiger charge is 2.29. The van der Waals surface area contributed by atoms with Crippen molar-refractivity contribution < 1.29 is 19.8 Å². The van der Waals surface area contributed by atoms with Crippen LogP contribution in [-0.2, 0) is 12.8 Å². The van der Waals surface area contributed by atoms with Gasteiger partial charge in [0.15, 0.2) is 0 Å². The lowest BCUT2D eigenvalue weighted by molar-refractivity contribution is 0.0686. The molecule has 0 saturated carbocycles. The Kier molecular flexibility index (Phi) is 6.85. The van der Waals surface area contributed by atoms with E-state index >= 15 is 0 Å². The fourth-order valence-electron chi connectivity index (χ4n) is 7.05. The van der Waals surface area contributed by atoms with Crippen LogP contribution in [0.4, 0.5) is 0 Å². The SMILES string of the molecule is CC1C/C(=C\c2ccc(/C=C3\CC(C)Cc4c3nc3ccccc3c4C(=O)O)cc2)c2nc3ccccc3c(C(=O)O)c2C1. The van der Waals surface area contributed by atoms with Gasteiger partial charge in [-0.3, -0.25) is 0 Å². The van der Waals surface area contributed by atoms with E-state index in [1.165, 1.54) is 0 Å². The highest BCUT2D eigenvalue weighted by atomic mass is 16.4. The molecule has 0 radical (unpaired) electrons. The molecule has 0 amide bonds. The molecule has 6 heteroatoms. The number of carbonyl (C=O) groups is 2. The second kappa shape index (κ2) is 10.9. The van der Waals surface area contributed by atoms with Gasteiger partial charge < -0.3 is 10.2 Å². The summed E-state index contributed by atoms with van der Waals surface area (Å²) >= 11 is 0. The van der Waals surface area contributed by atoms with Gasteiger partial charge in [-0.1, -0.05) is 74.5 Å². The Morgan fingerprint density at radius 2 is 1.00 bits per heavy atom.